The molecule has 3 N–H and O–H groups in total. The molecule has 0 bridgehead atoms. The van der Waals surface area contributed by atoms with E-state index in [9.17, 15) is 17.6 Å². The van der Waals surface area contributed by atoms with E-state index < -0.39 is 16.1 Å². The van der Waals surface area contributed by atoms with E-state index >= 15 is 0 Å². The van der Waals surface area contributed by atoms with Crippen molar-refractivity contribution >= 4 is 27.4 Å². The molecule has 0 aliphatic carbocycles. The Morgan fingerprint density at radius 2 is 1.70 bits per heavy atom. The third kappa shape index (κ3) is 4.27. The van der Waals surface area contributed by atoms with Crippen molar-refractivity contribution in [2.45, 2.75) is 11.8 Å². The van der Waals surface area contributed by atoms with Gasteiger partial charge in [0.15, 0.2) is 0 Å². The minimum Gasteiger partial charge on any atom is -0.308 e. The maximum atomic E-state index is 13.2. The Kier molecular flexibility index (Phi) is 4.97. The molecule has 0 saturated carbocycles. The van der Waals surface area contributed by atoms with Gasteiger partial charge in [-0.1, -0.05) is 6.07 Å². The van der Waals surface area contributed by atoms with Crippen LogP contribution in [0.2, 0.25) is 0 Å². The fourth-order valence-corrected chi connectivity index (χ4v) is 2.65. The van der Waals surface area contributed by atoms with Crippen LogP contribution in [0.15, 0.2) is 47.4 Å². The number of amides is 2. The quantitative estimate of drug-likeness (QED) is 0.801. The van der Waals surface area contributed by atoms with Crippen molar-refractivity contribution in [3.8, 4) is 0 Å². The molecule has 0 aliphatic rings. The molecule has 23 heavy (non-hydrogen) atoms. The second kappa shape index (κ2) is 6.76. The highest BCUT2D eigenvalue weighted by molar-refractivity contribution is 7.89. The third-order valence-corrected chi connectivity index (χ3v) is 4.50. The molecule has 0 heterocycles. The van der Waals surface area contributed by atoms with Gasteiger partial charge in [-0.05, 0) is 55.9 Å². The first-order chi connectivity index (χ1) is 10.8. The number of benzene rings is 2. The molecule has 6 nitrogen and oxygen atoms in total. The number of carbonyl (C=O) groups is 1. The summed E-state index contributed by atoms with van der Waals surface area (Å²) < 4.78 is 38.8. The number of rotatable bonds is 4. The molecule has 8 heteroatoms. The summed E-state index contributed by atoms with van der Waals surface area (Å²) in [5.74, 6) is -0.360. The maximum absolute atomic E-state index is 13.2. The molecule has 2 aromatic carbocycles. The normalized spacial score (nSPS) is 11.1. The maximum Gasteiger partial charge on any atom is 0.323 e. The molecular formula is C15H16FN3O3S. The summed E-state index contributed by atoms with van der Waals surface area (Å²) in [5.41, 5.74) is 1.16. The zero-order valence-electron chi connectivity index (χ0n) is 12.6. The van der Waals surface area contributed by atoms with Gasteiger partial charge in [-0.2, -0.15) is 0 Å². The van der Waals surface area contributed by atoms with E-state index in [4.69, 9.17) is 0 Å². The lowest BCUT2D eigenvalue weighted by Crippen LogP contribution is -2.21. The number of nitrogens with one attached hydrogen (secondary N) is 3. The molecule has 2 amide bonds. The second-order valence-electron chi connectivity index (χ2n) is 4.78. The van der Waals surface area contributed by atoms with Gasteiger partial charge in [0.2, 0.25) is 10.0 Å². The van der Waals surface area contributed by atoms with E-state index in [2.05, 4.69) is 15.4 Å². The fourth-order valence-electron chi connectivity index (χ4n) is 1.87. The fraction of sp³-hybridized carbons (Fsp3) is 0.133. The average molecular weight is 337 g/mol. The number of halogens is 1. The SMILES string of the molecule is CNS(=O)(=O)c1cccc(NC(=O)Nc2ccc(F)c(C)c2)c1. The van der Waals surface area contributed by atoms with Gasteiger partial charge in [-0.15, -0.1) is 0 Å². The second-order valence-corrected chi connectivity index (χ2v) is 6.67. The van der Waals surface area contributed by atoms with Crippen LogP contribution in [0.25, 0.3) is 0 Å². The Morgan fingerprint density at radius 3 is 2.30 bits per heavy atom. The van der Waals surface area contributed by atoms with Crippen molar-refractivity contribution in [2.75, 3.05) is 17.7 Å². The summed E-state index contributed by atoms with van der Waals surface area (Å²) in [6, 6.07) is 9.45. The summed E-state index contributed by atoms with van der Waals surface area (Å²) >= 11 is 0. The van der Waals surface area contributed by atoms with Crippen molar-refractivity contribution < 1.29 is 17.6 Å². The molecule has 0 aromatic heterocycles. The molecule has 0 saturated heterocycles. The third-order valence-electron chi connectivity index (χ3n) is 3.09. The smallest absolute Gasteiger partial charge is 0.308 e. The van der Waals surface area contributed by atoms with Crippen LogP contribution in [0, 0.1) is 12.7 Å². The molecule has 0 aliphatic heterocycles. The zero-order chi connectivity index (χ0) is 17.0. The van der Waals surface area contributed by atoms with Crippen LogP contribution in [0.5, 0.6) is 0 Å². The topological polar surface area (TPSA) is 87.3 Å². The van der Waals surface area contributed by atoms with Crippen LogP contribution in [0.1, 0.15) is 5.56 Å². The zero-order valence-corrected chi connectivity index (χ0v) is 13.4. The lowest BCUT2D eigenvalue weighted by molar-refractivity contribution is 0.262. The standard InChI is InChI=1S/C15H16FN3O3S/c1-10-8-12(6-7-14(10)16)19-15(20)18-11-4-3-5-13(9-11)23(21,22)17-2/h3-9,17H,1-2H3,(H2,18,19,20). The summed E-state index contributed by atoms with van der Waals surface area (Å²) in [5, 5.41) is 5.07. The van der Waals surface area contributed by atoms with E-state index in [1.165, 1.54) is 43.4 Å². The predicted octanol–water partition coefficient (Wildman–Crippen LogP) is 2.69. The first-order valence-corrected chi connectivity index (χ1v) is 8.18. The average Bonchev–Trinajstić information content (AvgIpc) is 2.51. The summed E-state index contributed by atoms with van der Waals surface area (Å²) in [6.07, 6.45) is 0. The predicted molar refractivity (Wildman–Crippen MR) is 86.5 cm³/mol. The van der Waals surface area contributed by atoms with Crippen molar-refractivity contribution in [1.82, 2.24) is 4.72 Å². The largest absolute Gasteiger partial charge is 0.323 e. The molecule has 122 valence electrons. The van der Waals surface area contributed by atoms with Crippen LogP contribution >= 0.6 is 0 Å². The van der Waals surface area contributed by atoms with Gasteiger partial charge in [-0.3, -0.25) is 0 Å². The van der Waals surface area contributed by atoms with Gasteiger partial charge in [0.25, 0.3) is 0 Å². The van der Waals surface area contributed by atoms with Crippen LogP contribution < -0.4 is 15.4 Å². The van der Waals surface area contributed by atoms with E-state index in [0.29, 0.717) is 16.9 Å². The summed E-state index contributed by atoms with van der Waals surface area (Å²) in [7, 11) is -2.28. The van der Waals surface area contributed by atoms with Crippen LogP contribution in [0.4, 0.5) is 20.6 Å². The Bertz CT molecular complexity index is 838. The minimum atomic E-state index is -3.59. The highest BCUT2D eigenvalue weighted by atomic mass is 32.2. The summed E-state index contributed by atoms with van der Waals surface area (Å²) in [6.45, 7) is 1.59. The number of anilines is 2. The molecule has 2 rings (SSSR count). The first kappa shape index (κ1) is 16.9. The molecule has 0 atom stereocenters. The highest BCUT2D eigenvalue weighted by Crippen LogP contribution is 2.17. The number of carbonyl (C=O) groups excluding carboxylic acids is 1. The Labute approximate surface area is 133 Å². The van der Waals surface area contributed by atoms with Gasteiger partial charge in [-0.25, -0.2) is 22.3 Å². The number of urea groups is 1. The summed E-state index contributed by atoms with van der Waals surface area (Å²) in [4.78, 5) is 12.0. The molecular weight excluding hydrogens is 321 g/mol. The van der Waals surface area contributed by atoms with Gasteiger partial charge < -0.3 is 10.6 Å². The number of hydrogen-bond acceptors (Lipinski definition) is 3. The Hall–Kier alpha value is -2.45. The molecule has 0 fully saturated rings. The Morgan fingerprint density at radius 1 is 1.04 bits per heavy atom. The van der Waals surface area contributed by atoms with Crippen molar-refractivity contribution in [3.05, 3.63) is 53.8 Å². The number of sulfonamides is 1. The van der Waals surface area contributed by atoms with Crippen LogP contribution in [0.3, 0.4) is 0 Å². The van der Waals surface area contributed by atoms with E-state index in [0.717, 1.165) is 0 Å². The minimum absolute atomic E-state index is 0.0374. The highest BCUT2D eigenvalue weighted by Gasteiger charge is 2.12. The van der Waals surface area contributed by atoms with E-state index in [-0.39, 0.29) is 10.7 Å². The van der Waals surface area contributed by atoms with Gasteiger partial charge in [0, 0.05) is 11.4 Å². The van der Waals surface area contributed by atoms with Crippen molar-refractivity contribution in [3.63, 3.8) is 0 Å². The van der Waals surface area contributed by atoms with Crippen molar-refractivity contribution in [1.29, 1.82) is 0 Å². The van der Waals surface area contributed by atoms with Crippen molar-refractivity contribution in [2.24, 2.45) is 0 Å². The monoisotopic (exact) mass is 337 g/mol. The van der Waals surface area contributed by atoms with Gasteiger partial charge >= 0.3 is 6.03 Å². The molecule has 2 aromatic rings. The van der Waals surface area contributed by atoms with E-state index in [1.807, 2.05) is 0 Å². The molecule has 0 radical (unpaired) electrons. The lowest BCUT2D eigenvalue weighted by Gasteiger charge is -2.10. The number of hydrogen-bond donors (Lipinski definition) is 3. The molecule has 0 unspecified atom stereocenters. The Balaban J connectivity index is 2.11. The van der Waals surface area contributed by atoms with Crippen LogP contribution in [-0.4, -0.2) is 21.5 Å². The lowest BCUT2D eigenvalue weighted by atomic mass is 10.2. The van der Waals surface area contributed by atoms with Gasteiger partial charge in [0.1, 0.15) is 5.82 Å². The number of aryl methyl sites for hydroxylation is 1. The first-order valence-electron chi connectivity index (χ1n) is 6.69. The molecule has 0 spiro atoms. The van der Waals surface area contributed by atoms with Gasteiger partial charge in [0.05, 0.1) is 4.90 Å². The van der Waals surface area contributed by atoms with E-state index in [1.54, 1.807) is 13.0 Å². The van der Waals surface area contributed by atoms with Crippen LogP contribution in [-0.2, 0) is 10.0 Å².